The Bertz CT molecular complexity index is 785. The van der Waals surface area contributed by atoms with Crippen LogP contribution in [-0.2, 0) is 6.61 Å². The van der Waals surface area contributed by atoms with Gasteiger partial charge in [0.1, 0.15) is 0 Å². The lowest BCUT2D eigenvalue weighted by Gasteiger charge is -2.47. The molecule has 0 spiro atoms. The summed E-state index contributed by atoms with van der Waals surface area (Å²) in [5, 5.41) is 9.28. The number of aliphatic hydroxyl groups is 1. The highest BCUT2D eigenvalue weighted by Crippen LogP contribution is 2.52. The Balaban J connectivity index is 1.31. The van der Waals surface area contributed by atoms with Gasteiger partial charge < -0.3 is 5.11 Å². The average Bonchev–Trinajstić information content (AvgIpc) is 2.80. The van der Waals surface area contributed by atoms with Crippen LogP contribution >= 0.6 is 0 Å². The third kappa shape index (κ3) is 4.67. The summed E-state index contributed by atoms with van der Waals surface area (Å²) >= 11 is 0. The molecule has 0 aliphatic heterocycles. The molecule has 0 aromatic heterocycles. The number of aryl methyl sites for hydroxylation is 1. The molecule has 2 aromatic rings. The van der Waals surface area contributed by atoms with Gasteiger partial charge in [0.2, 0.25) is 0 Å². The van der Waals surface area contributed by atoms with Crippen LogP contribution in [0.25, 0.3) is 0 Å². The molecule has 0 atom stereocenters. The summed E-state index contributed by atoms with van der Waals surface area (Å²) in [5.74, 6) is 3.23. The molecule has 0 radical (unpaired) electrons. The molecule has 2 aromatic carbocycles. The second-order valence-corrected chi connectivity index (χ2v) is 10.7. The Morgan fingerprint density at radius 2 is 1.07 bits per heavy atom. The zero-order valence-electron chi connectivity index (χ0n) is 19.2. The summed E-state index contributed by atoms with van der Waals surface area (Å²) in [6.45, 7) is 7.48. The van der Waals surface area contributed by atoms with Crippen LogP contribution in [0, 0.1) is 24.2 Å². The van der Waals surface area contributed by atoms with Crippen LogP contribution in [0.5, 0.6) is 0 Å². The summed E-state index contributed by atoms with van der Waals surface area (Å²) in [4.78, 5) is 0. The van der Waals surface area contributed by atoms with E-state index >= 15 is 0 Å². The first-order chi connectivity index (χ1) is 14.5. The summed E-state index contributed by atoms with van der Waals surface area (Å²) in [5.41, 5.74) is 5.89. The fourth-order valence-electron chi connectivity index (χ4n) is 6.41. The Labute approximate surface area is 183 Å². The zero-order chi connectivity index (χ0) is 21.1. The van der Waals surface area contributed by atoms with Crippen molar-refractivity contribution in [2.75, 3.05) is 0 Å². The largest absolute Gasteiger partial charge is 0.392 e. The molecule has 2 aliphatic carbocycles. The van der Waals surface area contributed by atoms with E-state index < -0.39 is 0 Å². The van der Waals surface area contributed by atoms with Crippen LogP contribution in [0.15, 0.2) is 48.5 Å². The van der Waals surface area contributed by atoms with Gasteiger partial charge in [-0.1, -0.05) is 67.9 Å². The lowest BCUT2D eigenvalue weighted by atomic mass is 9.58. The minimum Gasteiger partial charge on any atom is -0.392 e. The molecule has 2 saturated carbocycles. The first kappa shape index (κ1) is 21.6. The third-order valence-electron chi connectivity index (χ3n) is 8.74. The molecule has 0 saturated heterocycles. The van der Waals surface area contributed by atoms with Crippen LogP contribution in [0.3, 0.4) is 0 Å². The molecule has 2 aliphatic rings. The van der Waals surface area contributed by atoms with Gasteiger partial charge in [0.05, 0.1) is 6.61 Å². The average molecular weight is 405 g/mol. The Morgan fingerprint density at radius 3 is 1.47 bits per heavy atom. The number of aliphatic hydroxyl groups excluding tert-OH is 1. The molecule has 1 heteroatoms. The van der Waals surface area contributed by atoms with Crippen LogP contribution in [0.2, 0.25) is 0 Å². The second kappa shape index (κ2) is 9.27. The summed E-state index contributed by atoms with van der Waals surface area (Å²) in [7, 11) is 0. The standard InChI is InChI=1S/C29H40O/c1-21-4-8-23(9-5-21)25-12-16-27(17-13-25)29(2,3)28-18-14-26(15-19-28)24-10-6-22(20-30)7-11-24/h4-11,25-28,30H,12-20H2,1-3H3. The quantitative estimate of drug-likeness (QED) is 0.540. The molecule has 0 unspecified atom stereocenters. The van der Waals surface area contributed by atoms with Crippen molar-refractivity contribution in [3.63, 3.8) is 0 Å². The van der Waals surface area contributed by atoms with Crippen LogP contribution in [0.4, 0.5) is 0 Å². The Hall–Kier alpha value is -1.60. The topological polar surface area (TPSA) is 20.2 Å². The Kier molecular flexibility index (Phi) is 6.68. The van der Waals surface area contributed by atoms with Gasteiger partial charge in [0, 0.05) is 0 Å². The molecular formula is C29H40O. The van der Waals surface area contributed by atoms with E-state index in [4.69, 9.17) is 0 Å². The lowest BCUT2D eigenvalue weighted by molar-refractivity contribution is 0.0513. The van der Waals surface area contributed by atoms with Crippen molar-refractivity contribution in [3.05, 3.63) is 70.8 Å². The van der Waals surface area contributed by atoms with E-state index in [0.29, 0.717) is 11.3 Å². The maximum atomic E-state index is 9.28. The first-order valence-corrected chi connectivity index (χ1v) is 12.2. The first-order valence-electron chi connectivity index (χ1n) is 12.2. The number of benzene rings is 2. The number of hydrogen-bond donors (Lipinski definition) is 1. The van der Waals surface area contributed by atoms with Gasteiger partial charge in [-0.15, -0.1) is 0 Å². The molecule has 30 heavy (non-hydrogen) atoms. The van der Waals surface area contributed by atoms with Gasteiger partial charge in [-0.2, -0.15) is 0 Å². The van der Waals surface area contributed by atoms with Gasteiger partial charge in [0.15, 0.2) is 0 Å². The van der Waals surface area contributed by atoms with E-state index in [9.17, 15) is 5.11 Å². The molecule has 4 rings (SSSR count). The SMILES string of the molecule is Cc1ccc(C2CCC(C(C)(C)C3CCC(c4ccc(CO)cc4)CC3)CC2)cc1. The van der Waals surface area contributed by atoms with E-state index in [0.717, 1.165) is 23.3 Å². The highest BCUT2D eigenvalue weighted by molar-refractivity contribution is 5.26. The van der Waals surface area contributed by atoms with E-state index in [2.05, 4.69) is 69.3 Å². The fourth-order valence-corrected chi connectivity index (χ4v) is 6.41. The molecule has 0 amide bonds. The molecule has 1 nitrogen and oxygen atoms in total. The molecular weight excluding hydrogens is 364 g/mol. The van der Waals surface area contributed by atoms with Crippen molar-refractivity contribution in [1.82, 2.24) is 0 Å². The predicted octanol–water partition coefficient (Wildman–Crippen LogP) is 7.76. The van der Waals surface area contributed by atoms with Gasteiger partial charge in [-0.05, 0) is 104 Å². The molecule has 1 N–H and O–H groups in total. The molecule has 2 fully saturated rings. The van der Waals surface area contributed by atoms with Crippen molar-refractivity contribution in [3.8, 4) is 0 Å². The predicted molar refractivity (Wildman–Crippen MR) is 127 cm³/mol. The van der Waals surface area contributed by atoms with Gasteiger partial charge in [0.25, 0.3) is 0 Å². The van der Waals surface area contributed by atoms with E-state index in [1.807, 2.05) is 0 Å². The van der Waals surface area contributed by atoms with E-state index in [1.54, 1.807) is 5.56 Å². The maximum Gasteiger partial charge on any atom is 0.0681 e. The van der Waals surface area contributed by atoms with Crippen molar-refractivity contribution in [2.24, 2.45) is 17.3 Å². The molecule has 162 valence electrons. The summed E-state index contributed by atoms with van der Waals surface area (Å²) in [6.07, 6.45) is 10.9. The normalized spacial score (nSPS) is 27.7. The van der Waals surface area contributed by atoms with Crippen LogP contribution in [-0.4, -0.2) is 5.11 Å². The van der Waals surface area contributed by atoms with Gasteiger partial charge >= 0.3 is 0 Å². The molecule has 0 heterocycles. The van der Waals surface area contributed by atoms with Crippen LogP contribution < -0.4 is 0 Å². The lowest BCUT2D eigenvalue weighted by Crippen LogP contribution is -2.36. The van der Waals surface area contributed by atoms with Crippen molar-refractivity contribution < 1.29 is 5.11 Å². The van der Waals surface area contributed by atoms with Crippen molar-refractivity contribution in [2.45, 2.75) is 90.6 Å². The maximum absolute atomic E-state index is 9.28. The highest BCUT2D eigenvalue weighted by atomic mass is 16.3. The zero-order valence-corrected chi connectivity index (χ0v) is 19.2. The minimum absolute atomic E-state index is 0.146. The summed E-state index contributed by atoms with van der Waals surface area (Å²) < 4.78 is 0. The van der Waals surface area contributed by atoms with Gasteiger partial charge in [-0.25, -0.2) is 0 Å². The monoisotopic (exact) mass is 404 g/mol. The van der Waals surface area contributed by atoms with Crippen molar-refractivity contribution >= 4 is 0 Å². The summed E-state index contributed by atoms with van der Waals surface area (Å²) in [6, 6.07) is 18.0. The highest BCUT2D eigenvalue weighted by Gasteiger charge is 2.40. The van der Waals surface area contributed by atoms with E-state index in [1.165, 1.54) is 62.5 Å². The third-order valence-corrected chi connectivity index (χ3v) is 8.74. The smallest absolute Gasteiger partial charge is 0.0681 e. The van der Waals surface area contributed by atoms with Crippen molar-refractivity contribution in [1.29, 1.82) is 0 Å². The second-order valence-electron chi connectivity index (χ2n) is 10.7. The Morgan fingerprint density at radius 1 is 0.667 bits per heavy atom. The van der Waals surface area contributed by atoms with Crippen LogP contribution in [0.1, 0.15) is 99.3 Å². The minimum atomic E-state index is 0.146. The fraction of sp³-hybridized carbons (Fsp3) is 0.586. The molecule has 0 bridgehead atoms. The number of rotatable bonds is 5. The number of hydrogen-bond acceptors (Lipinski definition) is 1. The van der Waals surface area contributed by atoms with E-state index in [-0.39, 0.29) is 6.61 Å². The van der Waals surface area contributed by atoms with Gasteiger partial charge in [-0.3, -0.25) is 0 Å².